The van der Waals surface area contributed by atoms with Crippen molar-refractivity contribution in [1.29, 1.82) is 0 Å². The molecule has 0 spiro atoms. The molecule has 4 aromatic rings. The predicted octanol–water partition coefficient (Wildman–Crippen LogP) is 4.49. The molecule has 39 heavy (non-hydrogen) atoms. The van der Waals surface area contributed by atoms with Crippen molar-refractivity contribution in [3.8, 4) is 5.75 Å². The molecule has 4 N–H and O–H groups in total. The molecule has 15 heteroatoms. The van der Waals surface area contributed by atoms with E-state index >= 15 is 0 Å². The molecule has 1 aromatic carbocycles. The minimum Gasteiger partial charge on any atom is -0.491 e. The van der Waals surface area contributed by atoms with E-state index in [0.29, 0.717) is 34.5 Å². The lowest BCUT2D eigenvalue weighted by atomic mass is 10.0. The van der Waals surface area contributed by atoms with Crippen LogP contribution < -0.4 is 15.8 Å². The highest BCUT2D eigenvalue weighted by atomic mass is 35.5. The molecule has 0 fully saturated rings. The van der Waals surface area contributed by atoms with Gasteiger partial charge in [0.2, 0.25) is 0 Å². The van der Waals surface area contributed by atoms with E-state index < -0.39 is 18.2 Å². The van der Waals surface area contributed by atoms with E-state index in [-0.39, 0.29) is 17.3 Å². The number of anilines is 1. The van der Waals surface area contributed by atoms with Gasteiger partial charge in [-0.2, -0.15) is 18.3 Å². The second kappa shape index (κ2) is 11.8. The zero-order valence-corrected chi connectivity index (χ0v) is 22.2. The van der Waals surface area contributed by atoms with Gasteiger partial charge in [0.15, 0.2) is 17.2 Å². The summed E-state index contributed by atoms with van der Waals surface area (Å²) in [6, 6.07) is 3.10. The average Bonchev–Trinajstić information content (AvgIpc) is 3.40. The Morgan fingerprint density at radius 1 is 1.26 bits per heavy atom. The van der Waals surface area contributed by atoms with Gasteiger partial charge in [0.05, 0.1) is 17.7 Å². The lowest BCUT2D eigenvalue weighted by Gasteiger charge is -2.19. The molecule has 4 rings (SSSR count). The van der Waals surface area contributed by atoms with Gasteiger partial charge in [0.25, 0.3) is 5.91 Å². The van der Waals surface area contributed by atoms with Crippen LogP contribution >= 0.6 is 11.6 Å². The van der Waals surface area contributed by atoms with Crippen LogP contribution in [-0.4, -0.2) is 54.1 Å². The molecule has 0 saturated carbocycles. The highest BCUT2D eigenvalue weighted by Gasteiger charge is 2.38. The Hall–Kier alpha value is -4.07. The van der Waals surface area contributed by atoms with E-state index in [1.165, 1.54) is 4.52 Å². The number of halogens is 4. The molecule has 210 valence electrons. The van der Waals surface area contributed by atoms with Crippen LogP contribution in [0.1, 0.15) is 49.7 Å². The van der Waals surface area contributed by atoms with Gasteiger partial charge in [-0.1, -0.05) is 25.4 Å². The number of nitrogens with two attached hydrogens (primary N) is 1. The summed E-state index contributed by atoms with van der Waals surface area (Å²) in [5.41, 5.74) is 8.02. The van der Waals surface area contributed by atoms with Gasteiger partial charge in [-0.3, -0.25) is 9.48 Å². The summed E-state index contributed by atoms with van der Waals surface area (Å²) < 4.78 is 41.1. The maximum absolute atomic E-state index is 13.1. The first kappa shape index (κ1) is 29.5. The molecule has 1 amide bonds. The lowest BCUT2D eigenvalue weighted by molar-refractivity contribution is -0.192. The fourth-order valence-electron chi connectivity index (χ4n) is 3.73. The number of carbonyl (C=O) groups is 2. The molecule has 0 aliphatic rings. The SMILES string of the molecule is CCOc1c(C(C)NC(=O)c2c(N)nn3cccnc23)cc(Cl)c2cn(CC(C)C)nc12.O=C(O)C(F)(F)F. The normalized spacial score (nSPS) is 12.3. The number of aromatic nitrogens is 5. The molecular weight excluding hydrogens is 543 g/mol. The van der Waals surface area contributed by atoms with Crippen molar-refractivity contribution in [1.82, 2.24) is 29.7 Å². The van der Waals surface area contributed by atoms with Gasteiger partial charge in [-0.25, -0.2) is 14.3 Å². The first-order chi connectivity index (χ1) is 18.2. The van der Waals surface area contributed by atoms with E-state index in [0.717, 1.165) is 17.5 Å². The Kier molecular flexibility index (Phi) is 8.89. The number of fused-ring (bicyclic) bond motifs is 2. The van der Waals surface area contributed by atoms with Crippen molar-refractivity contribution >= 4 is 45.8 Å². The van der Waals surface area contributed by atoms with Crippen molar-refractivity contribution in [3.63, 3.8) is 0 Å². The molecule has 3 heterocycles. The number of ether oxygens (including phenoxy) is 1. The van der Waals surface area contributed by atoms with Crippen molar-refractivity contribution in [2.45, 2.75) is 46.5 Å². The number of nitrogen functional groups attached to an aromatic ring is 1. The number of carbonyl (C=O) groups excluding carboxylic acids is 1. The third kappa shape index (κ3) is 6.69. The number of carboxylic acid groups (broad SMARTS) is 1. The topological polar surface area (TPSA) is 150 Å². The fraction of sp³-hybridized carbons (Fsp3) is 0.375. The van der Waals surface area contributed by atoms with Gasteiger partial charge in [-0.15, -0.1) is 5.10 Å². The first-order valence-corrected chi connectivity index (χ1v) is 12.1. The molecule has 1 unspecified atom stereocenters. The summed E-state index contributed by atoms with van der Waals surface area (Å²) in [5.74, 6) is -1.99. The Balaban J connectivity index is 0.000000532. The molecule has 11 nitrogen and oxygen atoms in total. The average molecular weight is 570 g/mol. The Morgan fingerprint density at radius 3 is 2.51 bits per heavy atom. The number of nitrogens with zero attached hydrogens (tertiary/aromatic N) is 5. The highest BCUT2D eigenvalue weighted by molar-refractivity contribution is 6.35. The number of hydrogen-bond acceptors (Lipinski definition) is 7. The summed E-state index contributed by atoms with van der Waals surface area (Å²) in [7, 11) is 0. The van der Waals surface area contributed by atoms with Gasteiger partial charge >= 0.3 is 12.1 Å². The third-order valence-electron chi connectivity index (χ3n) is 5.33. The second-order valence-electron chi connectivity index (χ2n) is 8.86. The van der Waals surface area contributed by atoms with Crippen LogP contribution in [0.25, 0.3) is 16.6 Å². The van der Waals surface area contributed by atoms with E-state index in [1.807, 2.05) is 30.8 Å². The number of hydrogen-bond donors (Lipinski definition) is 3. The number of amides is 1. The van der Waals surface area contributed by atoms with Crippen LogP contribution in [0, 0.1) is 5.92 Å². The van der Waals surface area contributed by atoms with E-state index in [4.69, 9.17) is 37.1 Å². The zero-order valence-electron chi connectivity index (χ0n) is 21.5. The fourth-order valence-corrected chi connectivity index (χ4v) is 3.99. The van der Waals surface area contributed by atoms with E-state index in [9.17, 15) is 18.0 Å². The molecule has 0 bridgehead atoms. The van der Waals surface area contributed by atoms with Crippen LogP contribution in [-0.2, 0) is 11.3 Å². The molecular formula is C24H27ClF3N7O4. The Labute approximate surface area is 225 Å². The minimum absolute atomic E-state index is 0.111. The van der Waals surface area contributed by atoms with Gasteiger partial charge in [-0.05, 0) is 31.9 Å². The first-order valence-electron chi connectivity index (χ1n) is 11.8. The van der Waals surface area contributed by atoms with Crippen molar-refractivity contribution in [3.05, 3.63) is 46.9 Å². The van der Waals surface area contributed by atoms with Crippen molar-refractivity contribution < 1.29 is 32.6 Å². The Bertz CT molecular complexity index is 1500. The number of nitrogens with one attached hydrogen (secondary N) is 1. The second-order valence-corrected chi connectivity index (χ2v) is 9.27. The van der Waals surface area contributed by atoms with Crippen LogP contribution in [0.5, 0.6) is 5.75 Å². The van der Waals surface area contributed by atoms with Crippen molar-refractivity contribution in [2.24, 2.45) is 5.92 Å². The van der Waals surface area contributed by atoms with Crippen LogP contribution in [0.2, 0.25) is 5.02 Å². The van der Waals surface area contributed by atoms with Gasteiger partial charge in [0.1, 0.15) is 11.1 Å². The maximum atomic E-state index is 13.1. The van der Waals surface area contributed by atoms with Gasteiger partial charge in [0, 0.05) is 36.1 Å². The summed E-state index contributed by atoms with van der Waals surface area (Å²) in [6.45, 7) is 9.23. The van der Waals surface area contributed by atoms with Crippen molar-refractivity contribution in [2.75, 3.05) is 12.3 Å². The molecule has 0 saturated heterocycles. The standard InChI is InChI=1S/C22H26ClN7O2.C2HF3O2/c1-5-32-19-14(9-16(23)15-11-29(10-12(2)3)27-18(15)19)13(4)26-22(31)17-20(24)28-30-8-6-7-25-21(17)30;3-2(4,5)1(6)7/h6-9,11-13H,5,10H2,1-4H3,(H2,24,28)(H,26,31);(H,6,7). The minimum atomic E-state index is -5.08. The number of alkyl halides is 3. The summed E-state index contributed by atoms with van der Waals surface area (Å²) in [5, 5.41) is 20.3. The zero-order chi connectivity index (χ0) is 29.1. The largest absolute Gasteiger partial charge is 0.491 e. The lowest BCUT2D eigenvalue weighted by Crippen LogP contribution is -2.27. The maximum Gasteiger partial charge on any atom is 0.490 e. The third-order valence-corrected chi connectivity index (χ3v) is 5.64. The van der Waals surface area contributed by atoms with E-state index in [1.54, 1.807) is 18.5 Å². The number of benzene rings is 1. The number of rotatable bonds is 7. The summed E-state index contributed by atoms with van der Waals surface area (Å²) >= 11 is 6.60. The van der Waals surface area contributed by atoms with E-state index in [2.05, 4.69) is 29.2 Å². The number of carboxylic acids is 1. The monoisotopic (exact) mass is 569 g/mol. The van der Waals surface area contributed by atoms with Crippen LogP contribution in [0.15, 0.2) is 30.7 Å². The van der Waals surface area contributed by atoms with Crippen LogP contribution in [0.3, 0.4) is 0 Å². The van der Waals surface area contributed by atoms with Crippen LogP contribution in [0.4, 0.5) is 19.0 Å². The van der Waals surface area contributed by atoms with Gasteiger partial charge < -0.3 is 20.9 Å². The smallest absolute Gasteiger partial charge is 0.490 e. The summed E-state index contributed by atoms with van der Waals surface area (Å²) in [6.07, 6.45) is 0.122. The molecule has 1 atom stereocenters. The quantitative estimate of drug-likeness (QED) is 0.294. The summed E-state index contributed by atoms with van der Waals surface area (Å²) in [4.78, 5) is 26.2. The highest BCUT2D eigenvalue weighted by Crippen LogP contribution is 2.38. The number of aliphatic carboxylic acids is 1. The molecule has 0 aliphatic heterocycles. The molecule has 0 aliphatic carbocycles. The predicted molar refractivity (Wildman–Crippen MR) is 138 cm³/mol. The molecule has 3 aromatic heterocycles. The Morgan fingerprint density at radius 2 is 1.92 bits per heavy atom. The molecule has 0 radical (unpaired) electrons.